The van der Waals surface area contributed by atoms with Crippen LogP contribution in [0.3, 0.4) is 0 Å². The maximum atomic E-state index is 12.6. The standard InChI is InChI=1S/C23H31O4P/c1-7-8-9-10-18-14-21(24)23(22(15-18)27-28(6,25)26-5)20-13-17(4)11-12-19(20)16(2)3/h11-15,24H,2,7-10H2,1,3-6H3. The Bertz CT molecular complexity index is 902. The maximum absolute atomic E-state index is 12.6. The van der Waals surface area contributed by atoms with Gasteiger partial charge in [-0.15, -0.1) is 0 Å². The molecule has 2 aromatic rings. The van der Waals surface area contributed by atoms with Crippen molar-refractivity contribution in [1.82, 2.24) is 0 Å². The fourth-order valence-corrected chi connectivity index (χ4v) is 3.75. The second kappa shape index (κ2) is 9.45. The molecule has 0 radical (unpaired) electrons. The molecule has 28 heavy (non-hydrogen) atoms. The van der Waals surface area contributed by atoms with Crippen LogP contribution in [0.4, 0.5) is 0 Å². The average Bonchev–Trinajstić information content (AvgIpc) is 2.61. The Labute approximate surface area is 168 Å². The first-order chi connectivity index (χ1) is 13.2. The summed E-state index contributed by atoms with van der Waals surface area (Å²) >= 11 is 0. The number of benzene rings is 2. The van der Waals surface area contributed by atoms with Gasteiger partial charge in [0.2, 0.25) is 0 Å². The van der Waals surface area contributed by atoms with E-state index in [1.807, 2.05) is 38.1 Å². The third-order valence-electron chi connectivity index (χ3n) is 4.71. The van der Waals surface area contributed by atoms with Crippen molar-refractivity contribution >= 4 is 13.2 Å². The summed E-state index contributed by atoms with van der Waals surface area (Å²) in [5.74, 6) is 0.473. The van der Waals surface area contributed by atoms with Crippen molar-refractivity contribution in [3.63, 3.8) is 0 Å². The highest BCUT2D eigenvalue weighted by molar-refractivity contribution is 7.53. The molecule has 0 saturated heterocycles. The molecule has 1 atom stereocenters. The molecule has 0 fully saturated rings. The maximum Gasteiger partial charge on any atom is 0.375 e. The van der Waals surface area contributed by atoms with Gasteiger partial charge in [-0.2, -0.15) is 0 Å². The van der Waals surface area contributed by atoms with Gasteiger partial charge in [-0.25, -0.2) is 4.57 Å². The lowest BCUT2D eigenvalue weighted by Crippen LogP contribution is -1.99. The van der Waals surface area contributed by atoms with Crippen molar-refractivity contribution in [3.05, 3.63) is 53.6 Å². The minimum Gasteiger partial charge on any atom is -0.507 e. The van der Waals surface area contributed by atoms with Crippen LogP contribution in [0.5, 0.6) is 11.5 Å². The molecule has 0 aliphatic heterocycles. The molecule has 1 N–H and O–H groups in total. The molecule has 0 heterocycles. The lowest BCUT2D eigenvalue weighted by Gasteiger charge is -2.20. The quantitative estimate of drug-likeness (QED) is 0.363. The van der Waals surface area contributed by atoms with Crippen molar-refractivity contribution in [2.24, 2.45) is 0 Å². The summed E-state index contributed by atoms with van der Waals surface area (Å²) in [7, 11) is -1.94. The zero-order valence-corrected chi connectivity index (χ0v) is 18.4. The van der Waals surface area contributed by atoms with E-state index in [1.165, 1.54) is 13.8 Å². The van der Waals surface area contributed by atoms with Crippen molar-refractivity contribution < 1.29 is 18.7 Å². The van der Waals surface area contributed by atoms with Crippen molar-refractivity contribution in [2.45, 2.75) is 46.5 Å². The number of aryl methyl sites for hydroxylation is 2. The van der Waals surface area contributed by atoms with E-state index < -0.39 is 7.60 Å². The number of phenolic OH excluding ortho intramolecular Hbond substituents is 1. The third kappa shape index (κ3) is 5.50. The Kier molecular flexibility index (Phi) is 7.51. The molecule has 2 rings (SSSR count). The van der Waals surface area contributed by atoms with E-state index in [1.54, 1.807) is 6.07 Å². The zero-order chi connectivity index (χ0) is 20.9. The molecule has 0 aromatic heterocycles. The highest BCUT2D eigenvalue weighted by Gasteiger charge is 2.23. The van der Waals surface area contributed by atoms with Crippen LogP contribution >= 0.6 is 7.60 Å². The number of phenols is 1. The molecule has 152 valence electrons. The fourth-order valence-electron chi connectivity index (χ4n) is 3.18. The van der Waals surface area contributed by atoms with Crippen LogP contribution in [0.15, 0.2) is 36.9 Å². The van der Waals surface area contributed by atoms with E-state index >= 15 is 0 Å². The van der Waals surface area contributed by atoms with Gasteiger partial charge in [0, 0.05) is 13.8 Å². The molecular weight excluding hydrogens is 371 g/mol. The fraction of sp³-hybridized carbons (Fsp3) is 0.391. The van der Waals surface area contributed by atoms with Crippen molar-refractivity contribution in [3.8, 4) is 22.6 Å². The molecule has 4 nitrogen and oxygen atoms in total. The molecule has 0 bridgehead atoms. The first-order valence-electron chi connectivity index (χ1n) is 9.64. The Morgan fingerprint density at radius 3 is 2.54 bits per heavy atom. The summed E-state index contributed by atoms with van der Waals surface area (Å²) in [5, 5.41) is 10.9. The predicted octanol–water partition coefficient (Wildman–Crippen LogP) is 6.98. The highest BCUT2D eigenvalue weighted by Crippen LogP contribution is 2.50. The molecule has 0 amide bonds. The van der Waals surface area contributed by atoms with Crippen LogP contribution in [0, 0.1) is 6.92 Å². The Morgan fingerprint density at radius 1 is 1.21 bits per heavy atom. The summed E-state index contributed by atoms with van der Waals surface area (Å²) in [4.78, 5) is 0. The summed E-state index contributed by atoms with van der Waals surface area (Å²) in [6, 6.07) is 9.60. The summed E-state index contributed by atoms with van der Waals surface area (Å²) < 4.78 is 23.4. The van der Waals surface area contributed by atoms with E-state index in [4.69, 9.17) is 9.05 Å². The van der Waals surface area contributed by atoms with Crippen LogP contribution in [-0.2, 0) is 15.5 Å². The van der Waals surface area contributed by atoms with Crippen LogP contribution in [0.25, 0.3) is 16.7 Å². The predicted molar refractivity (Wildman–Crippen MR) is 117 cm³/mol. The topological polar surface area (TPSA) is 55.8 Å². The van der Waals surface area contributed by atoms with Crippen LogP contribution in [0.2, 0.25) is 0 Å². The van der Waals surface area contributed by atoms with Gasteiger partial charge in [-0.05, 0) is 55.5 Å². The number of rotatable bonds is 9. The Hall–Kier alpha value is -2.03. The van der Waals surface area contributed by atoms with Gasteiger partial charge in [0.15, 0.2) is 0 Å². The second-order valence-electron chi connectivity index (χ2n) is 7.32. The monoisotopic (exact) mass is 402 g/mol. The highest BCUT2D eigenvalue weighted by atomic mass is 31.2. The number of hydrogen-bond donors (Lipinski definition) is 1. The number of hydrogen-bond acceptors (Lipinski definition) is 4. The van der Waals surface area contributed by atoms with Crippen molar-refractivity contribution in [2.75, 3.05) is 13.8 Å². The van der Waals surface area contributed by atoms with E-state index in [9.17, 15) is 9.67 Å². The minimum atomic E-state index is -3.30. The van der Waals surface area contributed by atoms with Crippen LogP contribution in [-0.4, -0.2) is 18.9 Å². The van der Waals surface area contributed by atoms with Gasteiger partial charge in [-0.3, -0.25) is 0 Å². The minimum absolute atomic E-state index is 0.105. The SMILES string of the molecule is C=C(C)c1ccc(C)cc1-c1c(O)cc(CCCCC)cc1OP(C)(=O)OC. The summed E-state index contributed by atoms with van der Waals surface area (Å²) in [6.07, 6.45) is 4.07. The Morgan fingerprint density at radius 2 is 1.93 bits per heavy atom. The van der Waals surface area contributed by atoms with Crippen LogP contribution < -0.4 is 4.52 Å². The average molecular weight is 402 g/mol. The zero-order valence-electron chi connectivity index (χ0n) is 17.5. The number of aromatic hydroxyl groups is 1. The second-order valence-corrected chi connectivity index (χ2v) is 9.41. The van der Waals surface area contributed by atoms with E-state index in [0.29, 0.717) is 11.3 Å². The number of unbranched alkanes of at least 4 members (excludes halogenated alkanes) is 2. The lowest BCUT2D eigenvalue weighted by molar-refractivity contribution is 0.328. The van der Waals surface area contributed by atoms with Crippen molar-refractivity contribution in [1.29, 1.82) is 0 Å². The van der Waals surface area contributed by atoms with Gasteiger partial charge < -0.3 is 14.2 Å². The molecule has 0 spiro atoms. The molecular formula is C23H31O4P. The van der Waals surface area contributed by atoms with Gasteiger partial charge >= 0.3 is 7.60 Å². The van der Waals surface area contributed by atoms with Gasteiger partial charge in [0.1, 0.15) is 11.5 Å². The summed E-state index contributed by atoms with van der Waals surface area (Å²) in [6.45, 7) is 11.5. The smallest absolute Gasteiger partial charge is 0.375 e. The molecule has 0 aliphatic carbocycles. The number of allylic oxidation sites excluding steroid dienone is 1. The normalized spacial score (nSPS) is 13.2. The Balaban J connectivity index is 2.67. The van der Waals surface area contributed by atoms with Gasteiger partial charge in [0.25, 0.3) is 0 Å². The van der Waals surface area contributed by atoms with E-state index in [2.05, 4.69) is 13.5 Å². The first-order valence-corrected chi connectivity index (χ1v) is 11.6. The van der Waals surface area contributed by atoms with Gasteiger partial charge in [-0.1, -0.05) is 55.7 Å². The molecule has 2 aromatic carbocycles. The van der Waals surface area contributed by atoms with E-state index in [-0.39, 0.29) is 5.75 Å². The summed E-state index contributed by atoms with van der Waals surface area (Å²) in [5.41, 5.74) is 5.09. The lowest BCUT2D eigenvalue weighted by atomic mass is 9.91. The molecule has 1 unspecified atom stereocenters. The first kappa shape index (κ1) is 22.3. The molecule has 0 aliphatic rings. The van der Waals surface area contributed by atoms with E-state index in [0.717, 1.165) is 53.5 Å². The molecule has 5 heteroatoms. The largest absolute Gasteiger partial charge is 0.507 e. The van der Waals surface area contributed by atoms with Crippen LogP contribution in [0.1, 0.15) is 49.8 Å². The van der Waals surface area contributed by atoms with Gasteiger partial charge in [0.05, 0.1) is 5.56 Å². The molecule has 0 saturated carbocycles. The third-order valence-corrected chi connectivity index (χ3v) is 5.90.